The Balaban J connectivity index is 2.01. The molecule has 102 valence electrons. The third-order valence-corrected chi connectivity index (χ3v) is 3.73. The fourth-order valence-electron chi connectivity index (χ4n) is 2.54. The zero-order chi connectivity index (χ0) is 13.7. The van der Waals surface area contributed by atoms with E-state index in [9.17, 15) is 4.39 Å². The highest BCUT2D eigenvalue weighted by Crippen LogP contribution is 2.22. The topological polar surface area (TPSA) is 29.3 Å². The van der Waals surface area contributed by atoms with Gasteiger partial charge >= 0.3 is 0 Å². The van der Waals surface area contributed by atoms with Crippen molar-refractivity contribution >= 4 is 0 Å². The van der Waals surface area contributed by atoms with Crippen LogP contribution in [0.15, 0.2) is 18.2 Å². The standard InChI is InChI=1S/C16H21FN2/c1-2-13-7-9-19(11-13)12-15-6-5-14(4-3-8-18)10-16(15)17/h5-6,10,13H,2,7-9,11-12,18H2,1H3. The van der Waals surface area contributed by atoms with Crippen LogP contribution in [0, 0.1) is 23.6 Å². The fourth-order valence-corrected chi connectivity index (χ4v) is 2.54. The summed E-state index contributed by atoms with van der Waals surface area (Å²) in [7, 11) is 0. The Bertz CT molecular complexity index is 487. The fraction of sp³-hybridized carbons (Fsp3) is 0.500. The van der Waals surface area contributed by atoms with Crippen molar-refractivity contribution in [3.63, 3.8) is 0 Å². The molecule has 0 amide bonds. The van der Waals surface area contributed by atoms with Gasteiger partial charge in [-0.3, -0.25) is 4.90 Å². The Morgan fingerprint density at radius 3 is 2.95 bits per heavy atom. The minimum atomic E-state index is -0.163. The summed E-state index contributed by atoms with van der Waals surface area (Å²) in [5.41, 5.74) is 6.76. The maximum atomic E-state index is 14.0. The second kappa shape index (κ2) is 6.70. The van der Waals surface area contributed by atoms with Crippen molar-refractivity contribution in [2.75, 3.05) is 19.6 Å². The summed E-state index contributed by atoms with van der Waals surface area (Å²) < 4.78 is 14.0. The summed E-state index contributed by atoms with van der Waals surface area (Å²) in [6.45, 7) is 5.39. The van der Waals surface area contributed by atoms with E-state index in [2.05, 4.69) is 23.7 Å². The van der Waals surface area contributed by atoms with Gasteiger partial charge in [-0.15, -0.1) is 0 Å². The van der Waals surface area contributed by atoms with Crippen LogP contribution in [0.1, 0.15) is 30.9 Å². The van der Waals surface area contributed by atoms with Gasteiger partial charge in [0.25, 0.3) is 0 Å². The maximum absolute atomic E-state index is 14.0. The summed E-state index contributed by atoms with van der Waals surface area (Å²) in [5, 5.41) is 0. The summed E-state index contributed by atoms with van der Waals surface area (Å²) >= 11 is 0. The van der Waals surface area contributed by atoms with Gasteiger partial charge in [0.15, 0.2) is 0 Å². The summed E-state index contributed by atoms with van der Waals surface area (Å²) in [5.74, 6) is 6.20. The number of hydrogen-bond donors (Lipinski definition) is 1. The molecular weight excluding hydrogens is 239 g/mol. The van der Waals surface area contributed by atoms with Crippen molar-refractivity contribution in [2.24, 2.45) is 11.7 Å². The number of likely N-dealkylation sites (tertiary alicyclic amines) is 1. The number of rotatable bonds is 3. The van der Waals surface area contributed by atoms with E-state index in [0.29, 0.717) is 18.7 Å². The first kappa shape index (κ1) is 14.0. The molecule has 2 rings (SSSR count). The molecule has 1 atom stereocenters. The van der Waals surface area contributed by atoms with Crippen LogP contribution in [0.3, 0.4) is 0 Å². The molecule has 2 nitrogen and oxygen atoms in total. The number of benzene rings is 1. The zero-order valence-electron chi connectivity index (χ0n) is 11.5. The molecule has 1 saturated heterocycles. The first-order valence-electron chi connectivity index (χ1n) is 6.92. The Morgan fingerprint density at radius 1 is 1.47 bits per heavy atom. The average molecular weight is 260 g/mol. The van der Waals surface area contributed by atoms with Gasteiger partial charge in [-0.25, -0.2) is 4.39 Å². The quantitative estimate of drug-likeness (QED) is 0.845. The molecule has 1 aromatic carbocycles. The lowest BCUT2D eigenvalue weighted by Gasteiger charge is -2.16. The Labute approximate surface area is 114 Å². The zero-order valence-corrected chi connectivity index (χ0v) is 11.5. The smallest absolute Gasteiger partial charge is 0.128 e. The molecule has 1 fully saturated rings. The molecule has 0 aliphatic carbocycles. The molecule has 1 unspecified atom stereocenters. The van der Waals surface area contributed by atoms with E-state index in [1.807, 2.05) is 12.1 Å². The van der Waals surface area contributed by atoms with Crippen molar-refractivity contribution in [1.29, 1.82) is 0 Å². The van der Waals surface area contributed by atoms with Gasteiger partial charge in [0, 0.05) is 24.2 Å². The predicted octanol–water partition coefficient (Wildman–Crippen LogP) is 2.37. The highest BCUT2D eigenvalue weighted by Gasteiger charge is 2.21. The predicted molar refractivity (Wildman–Crippen MR) is 76.0 cm³/mol. The van der Waals surface area contributed by atoms with Crippen molar-refractivity contribution in [3.05, 3.63) is 35.1 Å². The normalized spacial score (nSPS) is 19.2. The molecule has 1 aliphatic heterocycles. The Kier molecular flexibility index (Phi) is 4.95. The molecule has 0 saturated carbocycles. The van der Waals surface area contributed by atoms with Crippen LogP contribution in [-0.4, -0.2) is 24.5 Å². The van der Waals surface area contributed by atoms with Gasteiger partial charge in [0.1, 0.15) is 5.82 Å². The van der Waals surface area contributed by atoms with E-state index in [0.717, 1.165) is 24.6 Å². The van der Waals surface area contributed by atoms with Gasteiger partial charge in [0.2, 0.25) is 0 Å². The van der Waals surface area contributed by atoms with Crippen molar-refractivity contribution in [3.8, 4) is 11.8 Å². The molecule has 0 radical (unpaired) electrons. The van der Waals surface area contributed by atoms with Gasteiger partial charge in [-0.05, 0) is 31.0 Å². The third kappa shape index (κ3) is 3.79. The second-order valence-electron chi connectivity index (χ2n) is 5.11. The molecule has 2 N–H and O–H groups in total. The van der Waals surface area contributed by atoms with E-state index >= 15 is 0 Å². The minimum Gasteiger partial charge on any atom is -0.320 e. The van der Waals surface area contributed by atoms with E-state index in [4.69, 9.17) is 5.73 Å². The van der Waals surface area contributed by atoms with E-state index in [-0.39, 0.29) is 5.82 Å². The van der Waals surface area contributed by atoms with Crippen molar-refractivity contribution in [2.45, 2.75) is 26.3 Å². The van der Waals surface area contributed by atoms with Crippen LogP contribution in [0.4, 0.5) is 4.39 Å². The van der Waals surface area contributed by atoms with Gasteiger partial charge in [-0.1, -0.05) is 31.3 Å². The lowest BCUT2D eigenvalue weighted by atomic mass is 10.1. The lowest BCUT2D eigenvalue weighted by Crippen LogP contribution is -2.20. The summed E-state index contributed by atoms with van der Waals surface area (Å²) in [6, 6.07) is 5.22. The van der Waals surface area contributed by atoms with Crippen LogP contribution in [-0.2, 0) is 6.54 Å². The van der Waals surface area contributed by atoms with Crippen LogP contribution >= 0.6 is 0 Å². The third-order valence-electron chi connectivity index (χ3n) is 3.73. The van der Waals surface area contributed by atoms with E-state index < -0.39 is 0 Å². The maximum Gasteiger partial charge on any atom is 0.128 e. The number of halogens is 1. The number of hydrogen-bond acceptors (Lipinski definition) is 2. The molecule has 1 aliphatic rings. The highest BCUT2D eigenvalue weighted by atomic mass is 19.1. The van der Waals surface area contributed by atoms with E-state index in [1.54, 1.807) is 0 Å². The summed E-state index contributed by atoms with van der Waals surface area (Å²) in [4.78, 5) is 2.33. The SMILES string of the molecule is CCC1CCN(Cc2ccc(C#CCN)cc2F)C1. The van der Waals surface area contributed by atoms with Crippen molar-refractivity contribution in [1.82, 2.24) is 4.90 Å². The number of nitrogens with two attached hydrogens (primary N) is 1. The largest absolute Gasteiger partial charge is 0.320 e. The highest BCUT2D eigenvalue weighted by molar-refractivity contribution is 5.37. The molecule has 0 bridgehead atoms. The van der Waals surface area contributed by atoms with Crippen LogP contribution in [0.2, 0.25) is 0 Å². The Hall–Kier alpha value is -1.37. The van der Waals surface area contributed by atoms with Gasteiger partial charge < -0.3 is 5.73 Å². The molecule has 3 heteroatoms. The van der Waals surface area contributed by atoms with Crippen LogP contribution in [0.25, 0.3) is 0 Å². The molecule has 0 aromatic heterocycles. The second-order valence-corrected chi connectivity index (χ2v) is 5.11. The molecular formula is C16H21FN2. The molecule has 1 aromatic rings. The van der Waals surface area contributed by atoms with Crippen molar-refractivity contribution < 1.29 is 4.39 Å². The molecule has 1 heterocycles. The average Bonchev–Trinajstić information content (AvgIpc) is 2.87. The number of nitrogens with zero attached hydrogens (tertiary/aromatic N) is 1. The van der Waals surface area contributed by atoms with Gasteiger partial charge in [-0.2, -0.15) is 0 Å². The van der Waals surface area contributed by atoms with Gasteiger partial charge in [0.05, 0.1) is 6.54 Å². The molecule has 0 spiro atoms. The lowest BCUT2D eigenvalue weighted by molar-refractivity contribution is 0.310. The minimum absolute atomic E-state index is 0.163. The monoisotopic (exact) mass is 260 g/mol. The van der Waals surface area contributed by atoms with E-state index in [1.165, 1.54) is 18.9 Å². The summed E-state index contributed by atoms with van der Waals surface area (Å²) in [6.07, 6.45) is 2.45. The first-order valence-corrected chi connectivity index (χ1v) is 6.92. The van der Waals surface area contributed by atoms with Crippen LogP contribution in [0.5, 0.6) is 0 Å². The Morgan fingerprint density at radius 2 is 2.32 bits per heavy atom. The first-order chi connectivity index (χ1) is 9.22. The van der Waals surface area contributed by atoms with Crippen LogP contribution < -0.4 is 5.73 Å². The molecule has 19 heavy (non-hydrogen) atoms.